The minimum atomic E-state index is -0.335. The summed E-state index contributed by atoms with van der Waals surface area (Å²) in [5.74, 6) is 0.508. The Balaban J connectivity index is 1.73. The molecule has 2 fully saturated rings. The van der Waals surface area contributed by atoms with Gasteiger partial charge in [-0.25, -0.2) is 4.39 Å². The maximum absolute atomic E-state index is 13.2. The van der Waals surface area contributed by atoms with Gasteiger partial charge in [-0.2, -0.15) is 0 Å². The average molecular weight is 283 g/mol. The number of rotatable bonds is 3. The van der Waals surface area contributed by atoms with E-state index in [9.17, 15) is 4.39 Å². The number of hydrogen-bond donors (Lipinski definition) is 1. The SMILES string of the molecule is CC1CN(Cc2ccc(F)c(Cl)c2)C(C2CC2)CN1. The van der Waals surface area contributed by atoms with Crippen molar-refractivity contribution >= 4 is 11.6 Å². The Morgan fingerprint density at radius 1 is 1.42 bits per heavy atom. The van der Waals surface area contributed by atoms with Crippen LogP contribution < -0.4 is 5.32 Å². The van der Waals surface area contributed by atoms with E-state index >= 15 is 0 Å². The van der Waals surface area contributed by atoms with Gasteiger partial charge in [0.1, 0.15) is 5.82 Å². The van der Waals surface area contributed by atoms with E-state index in [1.54, 1.807) is 6.07 Å². The van der Waals surface area contributed by atoms with Crippen molar-refractivity contribution in [2.24, 2.45) is 5.92 Å². The molecule has 1 aromatic rings. The third kappa shape index (κ3) is 3.10. The molecular weight excluding hydrogens is 263 g/mol. The molecule has 0 bridgehead atoms. The molecule has 1 N–H and O–H groups in total. The Hall–Kier alpha value is -0.640. The zero-order valence-electron chi connectivity index (χ0n) is 11.2. The second kappa shape index (κ2) is 5.39. The summed E-state index contributed by atoms with van der Waals surface area (Å²) < 4.78 is 13.2. The van der Waals surface area contributed by atoms with Crippen LogP contribution in [0.25, 0.3) is 0 Å². The van der Waals surface area contributed by atoms with E-state index in [-0.39, 0.29) is 10.8 Å². The summed E-state index contributed by atoms with van der Waals surface area (Å²) in [7, 11) is 0. The summed E-state index contributed by atoms with van der Waals surface area (Å²) in [4.78, 5) is 2.53. The van der Waals surface area contributed by atoms with Crippen LogP contribution in [0.4, 0.5) is 4.39 Å². The van der Waals surface area contributed by atoms with Crippen LogP contribution >= 0.6 is 11.6 Å². The molecule has 19 heavy (non-hydrogen) atoms. The lowest BCUT2D eigenvalue weighted by atomic mass is 10.0. The van der Waals surface area contributed by atoms with Crippen molar-refractivity contribution in [2.45, 2.75) is 38.4 Å². The molecule has 2 aliphatic rings. The molecule has 0 amide bonds. The van der Waals surface area contributed by atoms with Crippen LogP contribution in [-0.4, -0.2) is 30.1 Å². The molecule has 0 radical (unpaired) electrons. The summed E-state index contributed by atoms with van der Waals surface area (Å²) in [5, 5.41) is 3.79. The predicted octanol–water partition coefficient (Wildman–Crippen LogP) is 3.05. The fraction of sp³-hybridized carbons (Fsp3) is 0.600. The second-order valence-corrected chi connectivity index (χ2v) is 6.30. The Morgan fingerprint density at radius 2 is 2.21 bits per heavy atom. The zero-order chi connectivity index (χ0) is 13.4. The Bertz CT molecular complexity index is 461. The molecule has 0 spiro atoms. The van der Waals surface area contributed by atoms with Gasteiger partial charge in [-0.15, -0.1) is 0 Å². The molecule has 4 heteroatoms. The van der Waals surface area contributed by atoms with Crippen LogP contribution in [0.2, 0.25) is 5.02 Å². The molecule has 0 aromatic heterocycles. The van der Waals surface area contributed by atoms with Gasteiger partial charge in [-0.1, -0.05) is 17.7 Å². The van der Waals surface area contributed by atoms with Gasteiger partial charge >= 0.3 is 0 Å². The number of piperazine rings is 1. The highest BCUT2D eigenvalue weighted by molar-refractivity contribution is 6.30. The molecule has 2 unspecified atom stereocenters. The smallest absolute Gasteiger partial charge is 0.141 e. The highest BCUT2D eigenvalue weighted by Gasteiger charge is 2.37. The molecule has 1 heterocycles. The van der Waals surface area contributed by atoms with Crippen LogP contribution in [0.1, 0.15) is 25.3 Å². The first-order valence-electron chi connectivity index (χ1n) is 7.05. The molecular formula is C15H20ClFN2. The maximum Gasteiger partial charge on any atom is 0.141 e. The summed E-state index contributed by atoms with van der Waals surface area (Å²) in [6.45, 7) is 5.21. The number of halogens is 2. The van der Waals surface area contributed by atoms with Gasteiger partial charge in [-0.05, 0) is 43.4 Å². The molecule has 1 aliphatic carbocycles. The van der Waals surface area contributed by atoms with Gasteiger partial charge in [0.15, 0.2) is 0 Å². The van der Waals surface area contributed by atoms with Crippen molar-refractivity contribution in [3.05, 3.63) is 34.6 Å². The minimum Gasteiger partial charge on any atom is -0.311 e. The fourth-order valence-corrected chi connectivity index (χ4v) is 3.21. The minimum absolute atomic E-state index is 0.226. The molecule has 1 saturated heterocycles. The number of benzene rings is 1. The first kappa shape index (κ1) is 13.3. The largest absolute Gasteiger partial charge is 0.311 e. The van der Waals surface area contributed by atoms with E-state index < -0.39 is 0 Å². The van der Waals surface area contributed by atoms with E-state index in [0.717, 1.165) is 31.1 Å². The standard InChI is InChI=1S/C15H20ClFN2/c1-10-8-19(15(7-18-10)12-3-4-12)9-11-2-5-14(17)13(16)6-11/h2,5-6,10,12,15,18H,3-4,7-9H2,1H3. The number of hydrogen-bond acceptors (Lipinski definition) is 2. The fourth-order valence-electron chi connectivity index (χ4n) is 3.00. The average Bonchev–Trinajstić information content (AvgIpc) is 3.18. The Labute approximate surface area is 118 Å². The summed E-state index contributed by atoms with van der Waals surface area (Å²) >= 11 is 5.87. The first-order valence-corrected chi connectivity index (χ1v) is 7.42. The van der Waals surface area contributed by atoms with Crippen LogP contribution in [0.3, 0.4) is 0 Å². The van der Waals surface area contributed by atoms with Gasteiger partial charge < -0.3 is 5.32 Å². The Kier molecular flexibility index (Phi) is 3.79. The lowest BCUT2D eigenvalue weighted by molar-refractivity contribution is 0.112. The van der Waals surface area contributed by atoms with Crippen LogP contribution in [0, 0.1) is 11.7 Å². The lowest BCUT2D eigenvalue weighted by Crippen LogP contribution is -2.55. The highest BCUT2D eigenvalue weighted by atomic mass is 35.5. The van der Waals surface area contributed by atoms with E-state index in [1.165, 1.54) is 18.9 Å². The lowest BCUT2D eigenvalue weighted by Gasteiger charge is -2.39. The van der Waals surface area contributed by atoms with Crippen molar-refractivity contribution in [1.82, 2.24) is 10.2 Å². The zero-order valence-corrected chi connectivity index (χ0v) is 12.0. The van der Waals surface area contributed by atoms with Gasteiger partial charge in [0, 0.05) is 31.7 Å². The molecule has 104 valence electrons. The summed E-state index contributed by atoms with van der Waals surface area (Å²) in [6, 6.07) is 6.21. The highest BCUT2D eigenvalue weighted by Crippen LogP contribution is 2.36. The van der Waals surface area contributed by atoms with Gasteiger partial charge in [-0.3, -0.25) is 4.90 Å². The van der Waals surface area contributed by atoms with Crippen LogP contribution in [0.15, 0.2) is 18.2 Å². The maximum atomic E-state index is 13.2. The summed E-state index contributed by atoms with van der Waals surface area (Å²) in [6.07, 6.45) is 2.70. The molecule has 3 rings (SSSR count). The molecule has 1 aliphatic heterocycles. The predicted molar refractivity (Wildman–Crippen MR) is 75.8 cm³/mol. The molecule has 2 atom stereocenters. The van der Waals surface area contributed by atoms with E-state index in [4.69, 9.17) is 11.6 Å². The summed E-state index contributed by atoms with van der Waals surface area (Å²) in [5.41, 5.74) is 1.10. The number of nitrogens with one attached hydrogen (secondary N) is 1. The van der Waals surface area contributed by atoms with Crippen molar-refractivity contribution in [3.63, 3.8) is 0 Å². The second-order valence-electron chi connectivity index (χ2n) is 5.89. The monoisotopic (exact) mass is 282 g/mol. The van der Waals surface area contributed by atoms with E-state index in [1.807, 2.05) is 6.07 Å². The molecule has 1 saturated carbocycles. The van der Waals surface area contributed by atoms with Crippen LogP contribution in [-0.2, 0) is 6.54 Å². The Morgan fingerprint density at radius 3 is 2.89 bits per heavy atom. The van der Waals surface area contributed by atoms with Crippen molar-refractivity contribution in [2.75, 3.05) is 13.1 Å². The van der Waals surface area contributed by atoms with Crippen LogP contribution in [0.5, 0.6) is 0 Å². The topological polar surface area (TPSA) is 15.3 Å². The van der Waals surface area contributed by atoms with Crippen molar-refractivity contribution in [1.29, 1.82) is 0 Å². The van der Waals surface area contributed by atoms with E-state index in [0.29, 0.717) is 12.1 Å². The first-order chi connectivity index (χ1) is 9.13. The van der Waals surface area contributed by atoms with Gasteiger partial charge in [0.2, 0.25) is 0 Å². The van der Waals surface area contributed by atoms with E-state index in [2.05, 4.69) is 17.1 Å². The normalized spacial score (nSPS) is 28.6. The van der Waals surface area contributed by atoms with Crippen molar-refractivity contribution in [3.8, 4) is 0 Å². The van der Waals surface area contributed by atoms with Gasteiger partial charge in [0.05, 0.1) is 5.02 Å². The number of nitrogens with zero attached hydrogens (tertiary/aromatic N) is 1. The van der Waals surface area contributed by atoms with Gasteiger partial charge in [0.25, 0.3) is 0 Å². The molecule has 2 nitrogen and oxygen atoms in total. The quantitative estimate of drug-likeness (QED) is 0.917. The molecule has 1 aromatic carbocycles. The van der Waals surface area contributed by atoms with Crippen molar-refractivity contribution < 1.29 is 4.39 Å². The third-order valence-electron chi connectivity index (χ3n) is 4.19. The third-order valence-corrected chi connectivity index (χ3v) is 4.48.